The minimum atomic E-state index is -1.06. The van der Waals surface area contributed by atoms with Crippen LogP contribution < -0.4 is 5.32 Å². The van der Waals surface area contributed by atoms with Gasteiger partial charge in [-0.05, 0) is 24.7 Å². The van der Waals surface area contributed by atoms with Crippen molar-refractivity contribution in [3.05, 3.63) is 0 Å². The Bertz CT molecular complexity index is 350. The van der Waals surface area contributed by atoms with Gasteiger partial charge in [0.1, 0.15) is 6.54 Å². The number of carbonyl (C=O) groups is 2. The van der Waals surface area contributed by atoms with Gasteiger partial charge in [-0.15, -0.1) is 6.42 Å². The summed E-state index contributed by atoms with van der Waals surface area (Å²) in [6, 6.07) is -0.393. The normalized spacial score (nSPS) is 16.2. The van der Waals surface area contributed by atoms with Gasteiger partial charge in [-0.25, -0.2) is 4.79 Å². The summed E-state index contributed by atoms with van der Waals surface area (Å²) in [6.45, 7) is 2.36. The molecular formula is C13H20N2O3. The predicted octanol–water partition coefficient (Wildman–Crippen LogP) is 1.30. The number of hydrogen-bond acceptors (Lipinski definition) is 2. The lowest BCUT2D eigenvalue weighted by molar-refractivity contribution is -0.137. The molecule has 0 aromatic carbocycles. The van der Waals surface area contributed by atoms with Crippen molar-refractivity contribution < 1.29 is 14.7 Å². The largest absolute Gasteiger partial charge is 0.480 e. The van der Waals surface area contributed by atoms with E-state index in [4.69, 9.17) is 11.5 Å². The van der Waals surface area contributed by atoms with Crippen molar-refractivity contribution in [2.24, 2.45) is 5.41 Å². The molecule has 0 bridgehead atoms. The van der Waals surface area contributed by atoms with Gasteiger partial charge in [-0.3, -0.25) is 4.79 Å². The highest BCUT2D eigenvalue weighted by Crippen LogP contribution is 2.42. The van der Waals surface area contributed by atoms with Gasteiger partial charge in [-0.1, -0.05) is 19.3 Å². The molecule has 2 amide bonds. The molecule has 1 aliphatic carbocycles. The molecule has 0 aromatic heterocycles. The maximum Gasteiger partial charge on any atom is 0.323 e. The number of urea groups is 1. The fourth-order valence-electron chi connectivity index (χ4n) is 2.18. The molecule has 1 rings (SSSR count). The number of aliphatic carboxylic acids is 1. The average Bonchev–Trinajstić information content (AvgIpc) is 2.27. The molecule has 2 N–H and O–H groups in total. The van der Waals surface area contributed by atoms with Gasteiger partial charge in [0, 0.05) is 6.54 Å². The third-order valence-corrected chi connectivity index (χ3v) is 3.67. The fourth-order valence-corrected chi connectivity index (χ4v) is 2.18. The molecule has 0 saturated heterocycles. The number of hydrogen-bond donors (Lipinski definition) is 2. The van der Waals surface area contributed by atoms with E-state index in [0.717, 1.165) is 24.2 Å². The maximum atomic E-state index is 11.8. The van der Waals surface area contributed by atoms with E-state index in [9.17, 15) is 9.59 Å². The van der Waals surface area contributed by atoms with Gasteiger partial charge < -0.3 is 15.3 Å². The van der Waals surface area contributed by atoms with Gasteiger partial charge in [-0.2, -0.15) is 0 Å². The number of terminal acetylenes is 1. The number of carboxylic acids is 1. The Morgan fingerprint density at radius 1 is 1.50 bits per heavy atom. The van der Waals surface area contributed by atoms with Gasteiger partial charge in [0.05, 0.1) is 6.54 Å². The summed E-state index contributed by atoms with van der Waals surface area (Å²) >= 11 is 0. The van der Waals surface area contributed by atoms with Crippen LogP contribution in [0.25, 0.3) is 0 Å². The minimum absolute atomic E-state index is 0.0112. The summed E-state index contributed by atoms with van der Waals surface area (Å²) in [7, 11) is 0. The first-order valence-electron chi connectivity index (χ1n) is 6.21. The highest BCUT2D eigenvalue weighted by molar-refractivity contribution is 5.80. The molecule has 0 unspecified atom stereocenters. The molecule has 1 saturated carbocycles. The number of nitrogens with zero attached hydrogens (tertiary/aromatic N) is 1. The van der Waals surface area contributed by atoms with Crippen LogP contribution in [-0.2, 0) is 4.79 Å². The SMILES string of the molecule is C#CCN(CC(=O)O)C(=O)NCC1(CC)CCC1. The summed E-state index contributed by atoms with van der Waals surface area (Å²) in [5.74, 6) is 1.23. The zero-order chi connectivity index (χ0) is 13.6. The highest BCUT2D eigenvalue weighted by Gasteiger charge is 2.35. The highest BCUT2D eigenvalue weighted by atomic mass is 16.4. The summed E-state index contributed by atoms with van der Waals surface area (Å²) in [4.78, 5) is 23.6. The van der Waals surface area contributed by atoms with Crippen LogP contribution in [0.2, 0.25) is 0 Å². The smallest absolute Gasteiger partial charge is 0.323 e. The van der Waals surface area contributed by atoms with Crippen molar-refractivity contribution in [3.8, 4) is 12.3 Å². The first kappa shape index (κ1) is 14.4. The first-order chi connectivity index (χ1) is 8.53. The Labute approximate surface area is 108 Å². The molecule has 1 aliphatic rings. The van der Waals surface area contributed by atoms with E-state index in [1.54, 1.807) is 0 Å². The molecule has 1 fully saturated rings. The Balaban J connectivity index is 2.46. The monoisotopic (exact) mass is 252 g/mol. The summed E-state index contributed by atoms with van der Waals surface area (Å²) in [5.41, 5.74) is 0.209. The molecular weight excluding hydrogens is 232 g/mol. The van der Waals surface area contributed by atoms with Crippen LogP contribution in [0.5, 0.6) is 0 Å². The third kappa shape index (κ3) is 3.66. The second kappa shape index (κ2) is 6.29. The topological polar surface area (TPSA) is 69.6 Å². The van der Waals surface area contributed by atoms with E-state index in [1.165, 1.54) is 6.42 Å². The molecule has 100 valence electrons. The van der Waals surface area contributed by atoms with E-state index in [0.29, 0.717) is 6.54 Å². The van der Waals surface area contributed by atoms with Gasteiger partial charge in [0.25, 0.3) is 0 Å². The lowest BCUT2D eigenvalue weighted by Crippen LogP contribution is -2.48. The van der Waals surface area contributed by atoms with Crippen LogP contribution >= 0.6 is 0 Å². The fraction of sp³-hybridized carbons (Fsp3) is 0.692. The zero-order valence-electron chi connectivity index (χ0n) is 10.7. The van der Waals surface area contributed by atoms with Crippen molar-refractivity contribution in [1.82, 2.24) is 10.2 Å². The van der Waals surface area contributed by atoms with Crippen LogP contribution in [0.15, 0.2) is 0 Å². The molecule has 0 aliphatic heterocycles. The van der Waals surface area contributed by atoms with Crippen LogP contribution in [0.3, 0.4) is 0 Å². The van der Waals surface area contributed by atoms with Crippen molar-refractivity contribution >= 4 is 12.0 Å². The minimum Gasteiger partial charge on any atom is -0.480 e. The Morgan fingerprint density at radius 3 is 2.56 bits per heavy atom. The Kier molecular flexibility index (Phi) is 5.02. The van der Waals surface area contributed by atoms with Crippen molar-refractivity contribution in [3.63, 3.8) is 0 Å². The predicted molar refractivity (Wildman–Crippen MR) is 68.0 cm³/mol. The second-order valence-electron chi connectivity index (χ2n) is 4.82. The van der Waals surface area contributed by atoms with E-state index in [2.05, 4.69) is 18.2 Å². The molecule has 5 nitrogen and oxygen atoms in total. The summed E-state index contributed by atoms with van der Waals surface area (Å²) in [5, 5.41) is 11.5. The maximum absolute atomic E-state index is 11.8. The van der Waals surface area contributed by atoms with Gasteiger partial charge in [0.2, 0.25) is 0 Å². The van der Waals surface area contributed by atoms with E-state index in [-0.39, 0.29) is 18.5 Å². The molecule has 0 heterocycles. The Hall–Kier alpha value is -1.70. The first-order valence-corrected chi connectivity index (χ1v) is 6.21. The lowest BCUT2D eigenvalue weighted by atomic mass is 9.67. The average molecular weight is 252 g/mol. The number of nitrogens with one attached hydrogen (secondary N) is 1. The van der Waals surface area contributed by atoms with Crippen molar-refractivity contribution in [1.29, 1.82) is 0 Å². The van der Waals surface area contributed by atoms with E-state index in [1.807, 2.05) is 0 Å². The number of carbonyl (C=O) groups excluding carboxylic acids is 1. The second-order valence-corrected chi connectivity index (χ2v) is 4.82. The van der Waals surface area contributed by atoms with Crippen LogP contribution in [0.1, 0.15) is 32.6 Å². The Morgan fingerprint density at radius 2 is 2.17 bits per heavy atom. The van der Waals surface area contributed by atoms with Crippen molar-refractivity contribution in [2.75, 3.05) is 19.6 Å². The van der Waals surface area contributed by atoms with Crippen molar-refractivity contribution in [2.45, 2.75) is 32.6 Å². The number of carboxylic acid groups (broad SMARTS) is 1. The molecule has 18 heavy (non-hydrogen) atoms. The molecule has 0 aromatic rings. The van der Waals surface area contributed by atoms with Gasteiger partial charge in [0.15, 0.2) is 0 Å². The molecule has 0 radical (unpaired) electrons. The standard InChI is InChI=1S/C13H20N2O3/c1-3-8-15(9-11(16)17)12(18)14-10-13(4-2)6-5-7-13/h1H,4-10H2,2H3,(H,14,18)(H,16,17). The lowest BCUT2D eigenvalue weighted by Gasteiger charge is -2.41. The number of rotatable bonds is 6. The van der Waals surface area contributed by atoms with E-state index < -0.39 is 12.0 Å². The van der Waals surface area contributed by atoms with Gasteiger partial charge >= 0.3 is 12.0 Å². The van der Waals surface area contributed by atoms with E-state index >= 15 is 0 Å². The quantitative estimate of drug-likeness (QED) is 0.700. The third-order valence-electron chi connectivity index (χ3n) is 3.67. The van der Waals surface area contributed by atoms with Crippen LogP contribution in [0.4, 0.5) is 4.79 Å². The summed E-state index contributed by atoms with van der Waals surface area (Å²) < 4.78 is 0. The molecule has 0 spiro atoms. The van der Waals surface area contributed by atoms with Crippen LogP contribution in [0, 0.1) is 17.8 Å². The molecule has 5 heteroatoms. The zero-order valence-corrected chi connectivity index (χ0v) is 10.7. The molecule has 0 atom stereocenters. The van der Waals surface area contributed by atoms with Crippen LogP contribution in [-0.4, -0.2) is 41.6 Å². The summed E-state index contributed by atoms with van der Waals surface area (Å²) in [6.07, 6.45) is 9.60. The number of amides is 2.